The number of benzene rings is 1. The van der Waals surface area contributed by atoms with E-state index in [4.69, 9.17) is 5.11 Å². The molecule has 17 heavy (non-hydrogen) atoms. The molecule has 0 aliphatic carbocycles. The second-order valence-electron chi connectivity index (χ2n) is 4.10. The molecule has 0 saturated carbocycles. The molecule has 0 amide bonds. The Morgan fingerprint density at radius 3 is 3.00 bits per heavy atom. The minimum atomic E-state index is -0.735. The normalized spacial score (nSPS) is 10.9. The van der Waals surface area contributed by atoms with Crippen molar-refractivity contribution in [1.82, 2.24) is 9.55 Å². The number of hydrogen-bond donors (Lipinski definition) is 1. The van der Waals surface area contributed by atoms with Crippen LogP contribution in [0.3, 0.4) is 0 Å². The first-order chi connectivity index (χ1) is 8.20. The van der Waals surface area contributed by atoms with Crippen LogP contribution in [-0.2, 0) is 17.8 Å². The summed E-state index contributed by atoms with van der Waals surface area (Å²) >= 11 is 0. The number of aromatic nitrogens is 2. The number of carboxylic acid groups (broad SMARTS) is 1. The molecule has 0 bridgehead atoms. The number of carbonyl (C=O) groups is 1. The Kier molecular flexibility index (Phi) is 3.42. The van der Waals surface area contributed by atoms with Crippen molar-refractivity contribution in [2.24, 2.45) is 0 Å². The van der Waals surface area contributed by atoms with Gasteiger partial charge in [0.2, 0.25) is 0 Å². The molecule has 0 spiro atoms. The fourth-order valence-electron chi connectivity index (χ4n) is 1.96. The van der Waals surface area contributed by atoms with Gasteiger partial charge in [-0.3, -0.25) is 4.79 Å². The van der Waals surface area contributed by atoms with Gasteiger partial charge in [-0.15, -0.1) is 0 Å². The van der Waals surface area contributed by atoms with Crippen molar-refractivity contribution in [3.63, 3.8) is 0 Å². The topological polar surface area (TPSA) is 55.1 Å². The lowest BCUT2D eigenvalue weighted by Gasteiger charge is -2.02. The quantitative estimate of drug-likeness (QED) is 0.861. The molecule has 2 rings (SSSR count). The van der Waals surface area contributed by atoms with Crippen molar-refractivity contribution in [1.29, 1.82) is 0 Å². The highest BCUT2D eigenvalue weighted by molar-refractivity contribution is 5.76. The Bertz CT molecular complexity index is 531. The van der Waals surface area contributed by atoms with E-state index in [-0.39, 0.29) is 6.42 Å². The fraction of sp³-hybridized carbons (Fsp3) is 0.385. The number of fused-ring (bicyclic) bond motifs is 1. The molecule has 2 aromatic rings. The molecule has 1 heterocycles. The van der Waals surface area contributed by atoms with Gasteiger partial charge in [-0.2, -0.15) is 0 Å². The summed E-state index contributed by atoms with van der Waals surface area (Å²) in [6, 6.07) is 6.16. The third-order valence-electron chi connectivity index (χ3n) is 2.88. The van der Waals surface area contributed by atoms with Gasteiger partial charge in [0, 0.05) is 13.0 Å². The van der Waals surface area contributed by atoms with Crippen molar-refractivity contribution in [3.8, 4) is 0 Å². The minimum absolute atomic E-state index is 0.224. The van der Waals surface area contributed by atoms with Gasteiger partial charge in [-0.05, 0) is 37.5 Å². The number of aliphatic carboxylic acids is 1. The van der Waals surface area contributed by atoms with Gasteiger partial charge >= 0.3 is 5.97 Å². The second-order valence-corrected chi connectivity index (χ2v) is 4.10. The smallest absolute Gasteiger partial charge is 0.303 e. The first kappa shape index (κ1) is 11.6. The van der Waals surface area contributed by atoms with Crippen molar-refractivity contribution in [2.75, 3.05) is 0 Å². The van der Waals surface area contributed by atoms with Crippen LogP contribution in [0.1, 0.15) is 25.3 Å². The van der Waals surface area contributed by atoms with Crippen molar-refractivity contribution in [2.45, 2.75) is 32.7 Å². The Morgan fingerprint density at radius 2 is 2.29 bits per heavy atom. The molecular formula is C13H16N2O2. The van der Waals surface area contributed by atoms with Crippen molar-refractivity contribution in [3.05, 3.63) is 30.1 Å². The van der Waals surface area contributed by atoms with E-state index < -0.39 is 5.97 Å². The lowest BCUT2D eigenvalue weighted by atomic mass is 10.1. The van der Waals surface area contributed by atoms with Crippen LogP contribution in [0.5, 0.6) is 0 Å². The van der Waals surface area contributed by atoms with E-state index in [1.54, 1.807) is 0 Å². The maximum atomic E-state index is 10.4. The molecule has 0 saturated heterocycles. The lowest BCUT2D eigenvalue weighted by molar-refractivity contribution is -0.137. The highest BCUT2D eigenvalue weighted by atomic mass is 16.4. The number of imidazole rings is 1. The number of carboxylic acids is 1. The summed E-state index contributed by atoms with van der Waals surface area (Å²) in [5, 5.41) is 8.58. The lowest BCUT2D eigenvalue weighted by Crippen LogP contribution is -1.96. The van der Waals surface area contributed by atoms with E-state index >= 15 is 0 Å². The van der Waals surface area contributed by atoms with Gasteiger partial charge in [0.05, 0.1) is 17.4 Å². The van der Waals surface area contributed by atoms with Crippen LogP contribution in [0.2, 0.25) is 0 Å². The third-order valence-corrected chi connectivity index (χ3v) is 2.88. The predicted molar refractivity (Wildman–Crippen MR) is 66.0 cm³/mol. The van der Waals surface area contributed by atoms with Crippen LogP contribution >= 0.6 is 0 Å². The molecule has 1 aromatic heterocycles. The van der Waals surface area contributed by atoms with E-state index in [0.717, 1.165) is 29.6 Å². The SMILES string of the molecule is CCn1cnc2cc(CCCC(=O)O)ccc21. The largest absolute Gasteiger partial charge is 0.481 e. The summed E-state index contributed by atoms with van der Waals surface area (Å²) in [5.74, 6) is -0.735. The first-order valence-corrected chi connectivity index (χ1v) is 5.86. The number of hydrogen-bond acceptors (Lipinski definition) is 2. The number of aryl methyl sites for hydroxylation is 2. The van der Waals surface area contributed by atoms with Gasteiger partial charge in [0.15, 0.2) is 0 Å². The summed E-state index contributed by atoms with van der Waals surface area (Å²) in [4.78, 5) is 14.8. The zero-order chi connectivity index (χ0) is 12.3. The molecule has 1 N–H and O–H groups in total. The highest BCUT2D eigenvalue weighted by Gasteiger charge is 2.03. The molecule has 0 aliphatic heterocycles. The zero-order valence-corrected chi connectivity index (χ0v) is 9.89. The summed E-state index contributed by atoms with van der Waals surface area (Å²) in [6.45, 7) is 3.00. The molecule has 4 nitrogen and oxygen atoms in total. The molecule has 0 fully saturated rings. The van der Waals surface area contributed by atoms with Crippen LogP contribution in [0.25, 0.3) is 11.0 Å². The minimum Gasteiger partial charge on any atom is -0.481 e. The maximum Gasteiger partial charge on any atom is 0.303 e. The van der Waals surface area contributed by atoms with Gasteiger partial charge in [-0.1, -0.05) is 6.07 Å². The maximum absolute atomic E-state index is 10.4. The molecule has 1 aromatic carbocycles. The molecule has 0 radical (unpaired) electrons. The fourth-order valence-corrected chi connectivity index (χ4v) is 1.96. The molecule has 4 heteroatoms. The number of rotatable bonds is 5. The van der Waals surface area contributed by atoms with E-state index in [9.17, 15) is 4.79 Å². The van der Waals surface area contributed by atoms with E-state index in [1.165, 1.54) is 0 Å². The van der Waals surface area contributed by atoms with Gasteiger partial charge in [0.1, 0.15) is 0 Å². The summed E-state index contributed by atoms with van der Waals surface area (Å²) in [7, 11) is 0. The second kappa shape index (κ2) is 4.99. The molecule has 0 atom stereocenters. The highest BCUT2D eigenvalue weighted by Crippen LogP contribution is 2.16. The van der Waals surface area contributed by atoms with Crippen LogP contribution in [-0.4, -0.2) is 20.6 Å². The van der Waals surface area contributed by atoms with Crippen LogP contribution in [0.15, 0.2) is 24.5 Å². The molecule has 90 valence electrons. The monoisotopic (exact) mass is 232 g/mol. The van der Waals surface area contributed by atoms with Crippen LogP contribution in [0, 0.1) is 0 Å². The molecular weight excluding hydrogens is 216 g/mol. The first-order valence-electron chi connectivity index (χ1n) is 5.86. The van der Waals surface area contributed by atoms with Crippen molar-refractivity contribution < 1.29 is 9.90 Å². The Balaban J connectivity index is 2.12. The molecule has 0 aliphatic rings. The van der Waals surface area contributed by atoms with Gasteiger partial charge in [0.25, 0.3) is 0 Å². The number of nitrogens with zero attached hydrogens (tertiary/aromatic N) is 2. The summed E-state index contributed by atoms with van der Waals surface area (Å²) in [6.07, 6.45) is 3.53. The van der Waals surface area contributed by atoms with E-state index in [2.05, 4.69) is 28.6 Å². The van der Waals surface area contributed by atoms with E-state index in [1.807, 2.05) is 12.4 Å². The standard InChI is InChI=1S/C13H16N2O2/c1-2-15-9-14-11-8-10(6-7-12(11)15)4-3-5-13(16)17/h6-9H,2-5H2,1H3,(H,16,17). The van der Waals surface area contributed by atoms with E-state index in [0.29, 0.717) is 6.42 Å². The summed E-state index contributed by atoms with van der Waals surface area (Å²) < 4.78 is 2.09. The average molecular weight is 232 g/mol. The summed E-state index contributed by atoms with van der Waals surface area (Å²) in [5.41, 5.74) is 3.27. The van der Waals surface area contributed by atoms with Crippen LogP contribution in [0.4, 0.5) is 0 Å². The Labute approximate surface area is 99.9 Å². The Morgan fingerprint density at radius 1 is 1.47 bits per heavy atom. The zero-order valence-electron chi connectivity index (χ0n) is 9.89. The van der Waals surface area contributed by atoms with Crippen molar-refractivity contribution >= 4 is 17.0 Å². The van der Waals surface area contributed by atoms with Gasteiger partial charge in [-0.25, -0.2) is 4.98 Å². The predicted octanol–water partition coefficient (Wildman–Crippen LogP) is 2.46. The van der Waals surface area contributed by atoms with Gasteiger partial charge < -0.3 is 9.67 Å². The molecule has 0 unspecified atom stereocenters. The Hall–Kier alpha value is -1.84. The third kappa shape index (κ3) is 2.64. The van der Waals surface area contributed by atoms with Crippen LogP contribution < -0.4 is 0 Å². The average Bonchev–Trinajstić information content (AvgIpc) is 2.70.